The van der Waals surface area contributed by atoms with Crippen LogP contribution in [-0.2, 0) is 12.3 Å². The van der Waals surface area contributed by atoms with Crippen molar-refractivity contribution in [3.63, 3.8) is 0 Å². The number of anilines is 1. The third-order valence-corrected chi connectivity index (χ3v) is 5.35. The molecular weight excluding hydrogens is 366 g/mol. The molecule has 4 rings (SSSR count). The number of nitrogens with zero attached hydrogens (tertiary/aromatic N) is 3. The van der Waals surface area contributed by atoms with E-state index in [2.05, 4.69) is 55.6 Å². The summed E-state index contributed by atoms with van der Waals surface area (Å²) < 4.78 is 0. The molecule has 2 aromatic heterocycles. The molecule has 7 heteroatoms. The Hall–Kier alpha value is -2.57. The molecule has 0 saturated heterocycles. The lowest BCUT2D eigenvalue weighted by Crippen LogP contribution is -2.04. The van der Waals surface area contributed by atoms with E-state index in [1.807, 2.05) is 18.2 Å². The maximum Gasteiger partial charge on any atom is 0.182 e. The maximum absolute atomic E-state index is 6.21. The van der Waals surface area contributed by atoms with Crippen LogP contribution in [0.1, 0.15) is 11.1 Å². The molecule has 0 unspecified atom stereocenters. The second-order valence-corrected chi connectivity index (χ2v) is 7.16. The molecule has 0 fully saturated rings. The van der Waals surface area contributed by atoms with Crippen molar-refractivity contribution in [2.75, 3.05) is 5.32 Å². The van der Waals surface area contributed by atoms with E-state index in [4.69, 9.17) is 11.6 Å². The number of rotatable bonds is 6. The summed E-state index contributed by atoms with van der Waals surface area (Å²) in [5, 5.41) is 4.08. The summed E-state index contributed by atoms with van der Waals surface area (Å²) in [6.07, 6.45) is 3.12. The zero-order valence-corrected chi connectivity index (χ0v) is 15.4. The van der Waals surface area contributed by atoms with Crippen molar-refractivity contribution >= 4 is 40.3 Å². The van der Waals surface area contributed by atoms with Crippen LogP contribution in [-0.4, -0.2) is 19.9 Å². The van der Waals surface area contributed by atoms with Crippen molar-refractivity contribution in [1.82, 2.24) is 19.9 Å². The van der Waals surface area contributed by atoms with Crippen LogP contribution in [0.25, 0.3) is 11.2 Å². The van der Waals surface area contributed by atoms with Crippen LogP contribution < -0.4 is 5.32 Å². The van der Waals surface area contributed by atoms with Gasteiger partial charge >= 0.3 is 0 Å². The highest BCUT2D eigenvalue weighted by Gasteiger charge is 2.09. The van der Waals surface area contributed by atoms with Crippen molar-refractivity contribution in [3.8, 4) is 0 Å². The fraction of sp³-hybridized carbons (Fsp3) is 0.105. The fourth-order valence-corrected chi connectivity index (χ4v) is 3.83. The molecule has 0 aliphatic carbocycles. The van der Waals surface area contributed by atoms with Crippen molar-refractivity contribution in [2.45, 2.75) is 17.2 Å². The number of fused-ring (bicyclic) bond motifs is 1. The molecule has 0 aliphatic heterocycles. The third kappa shape index (κ3) is 3.81. The Labute approximate surface area is 160 Å². The molecule has 0 spiro atoms. The van der Waals surface area contributed by atoms with Crippen LogP contribution in [0.3, 0.4) is 0 Å². The van der Waals surface area contributed by atoms with Crippen molar-refractivity contribution < 1.29 is 0 Å². The average molecular weight is 382 g/mol. The van der Waals surface area contributed by atoms with Gasteiger partial charge in [-0.1, -0.05) is 41.9 Å². The van der Waals surface area contributed by atoms with Gasteiger partial charge in [-0.15, -0.1) is 11.8 Å². The molecule has 2 aromatic carbocycles. The van der Waals surface area contributed by atoms with E-state index in [0.717, 1.165) is 27.7 Å². The summed E-state index contributed by atoms with van der Waals surface area (Å²) >= 11 is 8.01. The highest BCUT2D eigenvalue weighted by Crippen LogP contribution is 2.29. The monoisotopic (exact) mass is 381 g/mol. The Morgan fingerprint density at radius 2 is 1.92 bits per heavy atom. The van der Waals surface area contributed by atoms with E-state index < -0.39 is 0 Å². The minimum Gasteiger partial charge on any atom is -0.364 e. The van der Waals surface area contributed by atoms with Gasteiger partial charge in [-0.2, -0.15) is 0 Å². The summed E-state index contributed by atoms with van der Waals surface area (Å²) in [6, 6.07) is 16.4. The molecule has 5 nitrogen and oxygen atoms in total. The number of hydrogen-bond donors (Lipinski definition) is 2. The van der Waals surface area contributed by atoms with Gasteiger partial charge in [0.25, 0.3) is 0 Å². The molecule has 130 valence electrons. The van der Waals surface area contributed by atoms with Crippen LogP contribution in [0, 0.1) is 0 Å². The maximum atomic E-state index is 6.21. The first kappa shape index (κ1) is 16.9. The van der Waals surface area contributed by atoms with Gasteiger partial charge in [0.2, 0.25) is 0 Å². The minimum absolute atomic E-state index is 0.614. The standard InChI is InChI=1S/C19H16ClN5S/c20-15-6-7-16(26-10-13-4-2-1-3-5-13)14(8-15)9-21-18-17-19(23-11-22-17)25-12-24-18/h1-8,11-12H,9-10H2,(H2,21,22,23,24,25). The van der Waals surface area contributed by atoms with Gasteiger partial charge in [0.05, 0.1) is 6.33 Å². The second kappa shape index (κ2) is 7.76. The summed E-state index contributed by atoms with van der Waals surface area (Å²) in [6.45, 7) is 0.614. The van der Waals surface area contributed by atoms with Crippen LogP contribution >= 0.6 is 23.4 Å². The van der Waals surface area contributed by atoms with Crippen molar-refractivity contribution in [1.29, 1.82) is 0 Å². The molecule has 0 radical (unpaired) electrons. The summed E-state index contributed by atoms with van der Waals surface area (Å²) in [5.74, 6) is 1.64. The molecule has 0 amide bonds. The van der Waals surface area contributed by atoms with E-state index in [-0.39, 0.29) is 0 Å². The lowest BCUT2D eigenvalue weighted by molar-refractivity contribution is 1.06. The summed E-state index contributed by atoms with van der Waals surface area (Å²) in [5.41, 5.74) is 3.87. The quantitative estimate of drug-likeness (QED) is 0.464. The molecule has 0 bridgehead atoms. The van der Waals surface area contributed by atoms with E-state index in [0.29, 0.717) is 12.2 Å². The van der Waals surface area contributed by atoms with Crippen LogP contribution in [0.15, 0.2) is 66.1 Å². The summed E-state index contributed by atoms with van der Waals surface area (Å²) in [7, 11) is 0. The summed E-state index contributed by atoms with van der Waals surface area (Å²) in [4.78, 5) is 16.9. The molecular formula is C19H16ClN5S. The van der Waals surface area contributed by atoms with Gasteiger partial charge in [-0.3, -0.25) is 0 Å². The predicted octanol–water partition coefficient (Wildman–Crippen LogP) is 4.91. The lowest BCUT2D eigenvalue weighted by atomic mass is 10.2. The lowest BCUT2D eigenvalue weighted by Gasteiger charge is -2.12. The molecule has 26 heavy (non-hydrogen) atoms. The van der Waals surface area contributed by atoms with E-state index in [1.54, 1.807) is 18.1 Å². The number of H-pyrrole nitrogens is 1. The van der Waals surface area contributed by atoms with Crippen LogP contribution in [0.2, 0.25) is 5.02 Å². The average Bonchev–Trinajstić information content (AvgIpc) is 3.16. The number of nitrogens with one attached hydrogen (secondary N) is 2. The SMILES string of the molecule is Clc1ccc(SCc2ccccc2)c(CNc2ncnc3nc[nH]c23)c1. The van der Waals surface area contributed by atoms with Crippen LogP contribution in [0.5, 0.6) is 0 Å². The number of aromatic nitrogens is 4. The van der Waals surface area contributed by atoms with Gasteiger partial charge < -0.3 is 10.3 Å². The van der Waals surface area contributed by atoms with Gasteiger partial charge in [0.1, 0.15) is 11.8 Å². The van der Waals surface area contributed by atoms with Gasteiger partial charge in [0, 0.05) is 22.2 Å². The highest BCUT2D eigenvalue weighted by atomic mass is 35.5. The van der Waals surface area contributed by atoms with Gasteiger partial charge in [0.15, 0.2) is 11.5 Å². The third-order valence-electron chi connectivity index (χ3n) is 3.93. The Bertz CT molecular complexity index is 1020. The topological polar surface area (TPSA) is 66.5 Å². The molecule has 0 saturated carbocycles. The molecule has 4 aromatic rings. The highest BCUT2D eigenvalue weighted by molar-refractivity contribution is 7.98. The van der Waals surface area contributed by atoms with Crippen molar-refractivity contribution in [2.24, 2.45) is 0 Å². The predicted molar refractivity (Wildman–Crippen MR) is 106 cm³/mol. The number of halogens is 1. The van der Waals surface area contributed by atoms with Crippen molar-refractivity contribution in [3.05, 3.63) is 77.3 Å². The fourth-order valence-electron chi connectivity index (χ4n) is 2.64. The first-order valence-corrected chi connectivity index (χ1v) is 9.49. The van der Waals surface area contributed by atoms with E-state index in [1.165, 1.54) is 16.8 Å². The number of benzene rings is 2. The van der Waals surface area contributed by atoms with Gasteiger partial charge in [-0.25, -0.2) is 15.0 Å². The second-order valence-electron chi connectivity index (χ2n) is 5.70. The molecule has 2 N–H and O–H groups in total. The molecule has 2 heterocycles. The Kier molecular flexibility index (Phi) is 5.04. The largest absolute Gasteiger partial charge is 0.364 e. The zero-order valence-electron chi connectivity index (χ0n) is 13.8. The molecule has 0 atom stereocenters. The van der Waals surface area contributed by atoms with Gasteiger partial charge in [-0.05, 0) is 29.3 Å². The molecule has 0 aliphatic rings. The van der Waals surface area contributed by atoms with E-state index in [9.17, 15) is 0 Å². The number of thioether (sulfide) groups is 1. The number of imidazole rings is 1. The first-order valence-electron chi connectivity index (χ1n) is 8.13. The normalized spacial score (nSPS) is 11.0. The Morgan fingerprint density at radius 1 is 1.04 bits per heavy atom. The number of aromatic amines is 1. The Morgan fingerprint density at radius 3 is 2.81 bits per heavy atom. The first-order chi connectivity index (χ1) is 12.8. The minimum atomic E-state index is 0.614. The van der Waals surface area contributed by atoms with E-state index >= 15 is 0 Å². The zero-order chi connectivity index (χ0) is 17.8. The number of hydrogen-bond acceptors (Lipinski definition) is 5. The smallest absolute Gasteiger partial charge is 0.182 e. The Balaban J connectivity index is 1.52. The van der Waals surface area contributed by atoms with Crippen LogP contribution in [0.4, 0.5) is 5.82 Å².